The van der Waals surface area contributed by atoms with Gasteiger partial charge in [0.1, 0.15) is 22.3 Å². The van der Waals surface area contributed by atoms with Crippen LogP contribution in [0.25, 0.3) is 66.1 Å². The minimum Gasteiger partial charge on any atom is -0.456 e. The van der Waals surface area contributed by atoms with Crippen LogP contribution >= 0.6 is 0 Å². The molecule has 0 bridgehead atoms. The van der Waals surface area contributed by atoms with Crippen LogP contribution in [0.5, 0.6) is 0 Å². The minimum atomic E-state index is -2.51. The highest BCUT2D eigenvalue weighted by Crippen LogP contribution is 2.41. The molecule has 0 saturated heterocycles. The van der Waals surface area contributed by atoms with E-state index in [4.69, 9.17) is 8.83 Å². The summed E-state index contributed by atoms with van der Waals surface area (Å²) in [5.41, 5.74) is 8.55. The third-order valence-corrected chi connectivity index (χ3v) is 14.7. The quantitative estimate of drug-likeness (QED) is 0.193. The first-order chi connectivity index (χ1) is 22.3. The van der Waals surface area contributed by atoms with Crippen molar-refractivity contribution in [1.82, 2.24) is 0 Å². The molecule has 7 aromatic carbocycles. The number of para-hydroxylation sites is 1. The molecule has 0 N–H and O–H groups in total. The van der Waals surface area contributed by atoms with Crippen LogP contribution in [0.15, 0.2) is 167 Å². The molecule has 0 saturated carbocycles. The van der Waals surface area contributed by atoms with Crippen LogP contribution in [0.3, 0.4) is 0 Å². The van der Waals surface area contributed by atoms with Crippen molar-refractivity contribution in [1.29, 1.82) is 0 Å². The largest absolute Gasteiger partial charge is 0.456 e. The van der Waals surface area contributed by atoms with Gasteiger partial charge in [-0.05, 0) is 73.3 Å². The highest BCUT2D eigenvalue weighted by molar-refractivity contribution is 7.22. The maximum atomic E-state index is 6.50. The average Bonchev–Trinajstić information content (AvgIpc) is 3.75. The lowest BCUT2D eigenvalue weighted by Gasteiger charge is -2.31. The first-order valence-electron chi connectivity index (χ1n) is 15.4. The van der Waals surface area contributed by atoms with Crippen molar-refractivity contribution in [2.75, 3.05) is 0 Å². The van der Waals surface area contributed by atoms with Gasteiger partial charge in [-0.25, -0.2) is 0 Å². The summed E-state index contributed by atoms with van der Waals surface area (Å²) < 4.78 is 12.8. The zero-order valence-electron chi connectivity index (χ0n) is 24.3. The molecule has 0 aliphatic carbocycles. The fourth-order valence-electron chi connectivity index (χ4n) is 7.90. The Morgan fingerprint density at radius 2 is 0.956 bits per heavy atom. The zero-order valence-corrected chi connectivity index (χ0v) is 25.3. The van der Waals surface area contributed by atoms with Crippen molar-refractivity contribution in [3.05, 3.63) is 158 Å². The Hall–Kier alpha value is -5.64. The van der Waals surface area contributed by atoms with Crippen molar-refractivity contribution in [2.24, 2.45) is 0 Å². The Bertz CT molecular complexity index is 2550. The lowest BCUT2D eigenvalue weighted by molar-refractivity contribution is 0.664. The summed E-state index contributed by atoms with van der Waals surface area (Å²) in [4.78, 5) is 0. The van der Waals surface area contributed by atoms with E-state index in [1.54, 1.807) is 0 Å². The fourth-order valence-corrected chi connectivity index (χ4v) is 13.1. The molecule has 10 rings (SSSR count). The van der Waals surface area contributed by atoms with Crippen molar-refractivity contribution >= 4 is 72.7 Å². The van der Waals surface area contributed by atoms with E-state index in [2.05, 4.69) is 146 Å². The first-order valence-corrected chi connectivity index (χ1v) is 17.4. The number of rotatable bonds is 3. The predicted octanol–water partition coefficient (Wildman–Crippen LogP) is 8.51. The van der Waals surface area contributed by atoms with E-state index in [0.29, 0.717) is 0 Å². The molecule has 0 atom stereocenters. The monoisotopic (exact) mass is 590 g/mol. The minimum absolute atomic E-state index is 0.877. The maximum absolute atomic E-state index is 6.50. The number of hydrogen-bond donors (Lipinski definition) is 0. The van der Waals surface area contributed by atoms with Gasteiger partial charge in [-0.1, -0.05) is 127 Å². The summed E-state index contributed by atoms with van der Waals surface area (Å²) in [6, 6.07) is 57.4. The summed E-state index contributed by atoms with van der Waals surface area (Å²) in [6.07, 6.45) is 0. The molecule has 9 aromatic rings. The first kappa shape index (κ1) is 24.8. The second-order valence-electron chi connectivity index (χ2n) is 12.0. The van der Waals surface area contributed by atoms with E-state index >= 15 is 0 Å². The number of hydrogen-bond acceptors (Lipinski definition) is 2. The van der Waals surface area contributed by atoms with Gasteiger partial charge < -0.3 is 8.83 Å². The van der Waals surface area contributed by atoms with Crippen LogP contribution in [0.4, 0.5) is 0 Å². The van der Waals surface area contributed by atoms with Gasteiger partial charge in [-0.3, -0.25) is 0 Å². The average molecular weight is 591 g/mol. The van der Waals surface area contributed by atoms with Crippen molar-refractivity contribution < 1.29 is 8.83 Å². The van der Waals surface area contributed by atoms with Crippen LogP contribution in [0.2, 0.25) is 0 Å². The Morgan fingerprint density at radius 3 is 1.78 bits per heavy atom. The Morgan fingerprint density at radius 1 is 0.356 bits per heavy atom. The smallest absolute Gasteiger partial charge is 0.180 e. The van der Waals surface area contributed by atoms with E-state index in [0.717, 1.165) is 43.9 Å². The molecule has 3 heteroatoms. The molecule has 210 valence electrons. The van der Waals surface area contributed by atoms with E-state index in [-0.39, 0.29) is 0 Å². The van der Waals surface area contributed by atoms with Crippen molar-refractivity contribution in [3.8, 4) is 22.3 Å². The van der Waals surface area contributed by atoms with Gasteiger partial charge in [-0.15, -0.1) is 0 Å². The fraction of sp³-hybridized carbons (Fsp3) is 0. The molecule has 0 radical (unpaired) electrons. The van der Waals surface area contributed by atoms with Gasteiger partial charge in [0.25, 0.3) is 0 Å². The van der Waals surface area contributed by atoms with Crippen LogP contribution in [-0.2, 0) is 0 Å². The summed E-state index contributed by atoms with van der Waals surface area (Å²) in [5.74, 6) is 0. The summed E-state index contributed by atoms with van der Waals surface area (Å²) in [7, 11) is -2.51. The highest BCUT2D eigenvalue weighted by Gasteiger charge is 2.48. The Kier molecular flexibility index (Phi) is 5.05. The SMILES string of the molecule is c1ccc([Si]2(c3ccccc3)c3ccccc3-c3cc(-c4cccc5oc6cc7c(cc6c45)oc4ccccc47)ccc32)cc1. The van der Waals surface area contributed by atoms with E-state index in [1.807, 2.05) is 12.1 Å². The van der Waals surface area contributed by atoms with Gasteiger partial charge in [-0.2, -0.15) is 0 Å². The van der Waals surface area contributed by atoms with E-state index in [9.17, 15) is 0 Å². The molecule has 0 fully saturated rings. The van der Waals surface area contributed by atoms with Crippen LogP contribution < -0.4 is 20.7 Å². The topological polar surface area (TPSA) is 26.3 Å². The van der Waals surface area contributed by atoms with Gasteiger partial charge in [0.05, 0.1) is 0 Å². The predicted molar refractivity (Wildman–Crippen MR) is 189 cm³/mol. The third kappa shape index (κ3) is 3.33. The summed E-state index contributed by atoms with van der Waals surface area (Å²) >= 11 is 0. The van der Waals surface area contributed by atoms with Crippen LogP contribution in [-0.4, -0.2) is 8.07 Å². The Balaban J connectivity index is 1.24. The second-order valence-corrected chi connectivity index (χ2v) is 15.7. The lowest BCUT2D eigenvalue weighted by atomic mass is 9.96. The molecule has 2 aromatic heterocycles. The highest BCUT2D eigenvalue weighted by atomic mass is 28.3. The maximum Gasteiger partial charge on any atom is 0.180 e. The van der Waals surface area contributed by atoms with Crippen LogP contribution in [0.1, 0.15) is 0 Å². The molecule has 1 aliphatic rings. The molecule has 2 nitrogen and oxygen atoms in total. The molecule has 45 heavy (non-hydrogen) atoms. The molecule has 0 amide bonds. The molecule has 3 heterocycles. The molecule has 1 aliphatic heterocycles. The standard InChI is InChI=1S/C42H26O2Si/c1-3-12-28(13-4-1)45(29-14-5-2-6-15-29)40-21-10-8-17-32(40)34-24-27(22-23-41(34)45)30-18-11-20-37-42(30)35-26-38-33(25-39(35)44-37)31-16-7-9-19-36(31)43-38/h1-26H. The lowest BCUT2D eigenvalue weighted by Crippen LogP contribution is -2.72. The molecule has 0 spiro atoms. The van der Waals surface area contributed by atoms with Crippen LogP contribution in [0, 0.1) is 0 Å². The van der Waals surface area contributed by atoms with Gasteiger partial charge in [0, 0.05) is 21.5 Å². The number of furan rings is 2. The summed E-state index contributed by atoms with van der Waals surface area (Å²) in [6.45, 7) is 0. The van der Waals surface area contributed by atoms with Gasteiger partial charge in [0.2, 0.25) is 0 Å². The molecular weight excluding hydrogens is 565 g/mol. The van der Waals surface area contributed by atoms with Gasteiger partial charge >= 0.3 is 0 Å². The third-order valence-electron chi connectivity index (χ3n) is 9.76. The summed E-state index contributed by atoms with van der Waals surface area (Å²) in [5, 5.41) is 10.1. The molecule has 0 unspecified atom stereocenters. The zero-order chi connectivity index (χ0) is 29.5. The van der Waals surface area contributed by atoms with E-state index in [1.165, 1.54) is 43.0 Å². The van der Waals surface area contributed by atoms with Gasteiger partial charge in [0.15, 0.2) is 8.07 Å². The van der Waals surface area contributed by atoms with E-state index < -0.39 is 8.07 Å². The van der Waals surface area contributed by atoms with Crippen molar-refractivity contribution in [2.45, 2.75) is 0 Å². The molecular formula is C42H26O2Si. The second kappa shape index (κ2) is 9.18. The number of benzene rings is 7. The number of fused-ring (bicyclic) bond motifs is 9. The Labute approximate surface area is 260 Å². The normalized spacial score (nSPS) is 13.5. The van der Waals surface area contributed by atoms with Crippen molar-refractivity contribution in [3.63, 3.8) is 0 Å².